The van der Waals surface area contributed by atoms with Gasteiger partial charge in [0.15, 0.2) is 0 Å². The Labute approximate surface area is 171 Å². The Bertz CT molecular complexity index is 594. The van der Waals surface area contributed by atoms with Gasteiger partial charge in [0.25, 0.3) is 0 Å². The van der Waals surface area contributed by atoms with E-state index in [0.29, 0.717) is 11.3 Å². The predicted molar refractivity (Wildman–Crippen MR) is 110 cm³/mol. The first-order chi connectivity index (χ1) is 13.4. The molecule has 28 heavy (non-hydrogen) atoms. The second-order valence-corrected chi connectivity index (χ2v) is 10.9. The van der Waals surface area contributed by atoms with Crippen LogP contribution in [-0.2, 0) is 14.4 Å². The van der Waals surface area contributed by atoms with Crippen LogP contribution in [-0.4, -0.2) is 38.8 Å². The van der Waals surface area contributed by atoms with Crippen LogP contribution >= 0.6 is 0 Å². The van der Waals surface area contributed by atoms with Crippen molar-refractivity contribution >= 4 is 5.91 Å². The van der Waals surface area contributed by atoms with Gasteiger partial charge in [0, 0.05) is 20.1 Å². The highest BCUT2D eigenvalue weighted by molar-refractivity contribution is 5.79. The summed E-state index contributed by atoms with van der Waals surface area (Å²) in [6, 6.07) is 0. The minimum atomic E-state index is 0.130. The Balaban J connectivity index is 1.60. The fourth-order valence-corrected chi connectivity index (χ4v) is 8.53. The summed E-state index contributed by atoms with van der Waals surface area (Å²) in [6.07, 6.45) is 11.6. The van der Waals surface area contributed by atoms with Crippen molar-refractivity contribution in [3.05, 3.63) is 0 Å². The average Bonchev–Trinajstić information content (AvgIpc) is 3.04. The number of hydrogen-bond acceptors (Lipinski definition) is 3. The lowest BCUT2D eigenvalue weighted by Gasteiger charge is -2.61. The van der Waals surface area contributed by atoms with Crippen molar-refractivity contribution in [3.63, 3.8) is 0 Å². The highest BCUT2D eigenvalue weighted by Crippen LogP contribution is 2.68. The molecule has 4 heteroatoms. The molecule has 4 aliphatic carbocycles. The molecule has 0 bridgehead atoms. The largest absolute Gasteiger partial charge is 0.384 e. The van der Waals surface area contributed by atoms with E-state index in [-0.39, 0.29) is 17.2 Å². The van der Waals surface area contributed by atoms with Gasteiger partial charge in [-0.1, -0.05) is 20.3 Å². The summed E-state index contributed by atoms with van der Waals surface area (Å²) in [7, 11) is 5.28. The lowest BCUT2D eigenvalue weighted by atomic mass is 9.44. The molecule has 0 aromatic heterocycles. The molecule has 8 atom stereocenters. The zero-order chi connectivity index (χ0) is 20.1. The number of ether oxygens (including phenoxy) is 1. The lowest BCUT2D eigenvalue weighted by Crippen LogP contribution is -2.56. The molecule has 4 rings (SSSR count). The van der Waals surface area contributed by atoms with Gasteiger partial charge in [-0.15, -0.1) is 0 Å². The van der Waals surface area contributed by atoms with E-state index < -0.39 is 0 Å². The van der Waals surface area contributed by atoms with Gasteiger partial charge in [0.1, 0.15) is 0 Å². The molecular weight excluding hydrogens is 350 g/mol. The first-order valence-corrected chi connectivity index (χ1v) is 11.7. The Morgan fingerprint density at radius 2 is 1.82 bits per heavy atom. The number of carbonyl (C=O) groups excluding carboxylic acids is 1. The van der Waals surface area contributed by atoms with Crippen LogP contribution in [0, 0.1) is 46.3 Å². The zero-order valence-corrected chi connectivity index (χ0v) is 18.7. The van der Waals surface area contributed by atoms with E-state index in [1.165, 1.54) is 56.4 Å². The molecule has 0 aliphatic heterocycles. The number of nitrogens with zero attached hydrogens (tertiary/aromatic N) is 1. The molecule has 0 N–H and O–H groups in total. The maximum atomic E-state index is 13.0. The van der Waals surface area contributed by atoms with Gasteiger partial charge in [-0.3, -0.25) is 9.63 Å². The van der Waals surface area contributed by atoms with Crippen LogP contribution < -0.4 is 0 Å². The summed E-state index contributed by atoms with van der Waals surface area (Å²) in [5.74, 6) is 4.32. The highest BCUT2D eigenvalue weighted by Gasteiger charge is 2.62. The number of amides is 1. The van der Waals surface area contributed by atoms with Crippen LogP contribution in [0.2, 0.25) is 0 Å². The normalized spacial score (nSPS) is 47.8. The summed E-state index contributed by atoms with van der Waals surface area (Å²) in [4.78, 5) is 18.3. The van der Waals surface area contributed by atoms with Crippen LogP contribution in [0.3, 0.4) is 0 Å². The molecule has 4 aliphatic rings. The maximum Gasteiger partial charge on any atom is 0.249 e. The van der Waals surface area contributed by atoms with Gasteiger partial charge >= 0.3 is 0 Å². The van der Waals surface area contributed by atoms with E-state index in [1.54, 1.807) is 14.2 Å². The number of rotatable bonds is 4. The SMILES string of the molecule is COCC12CCC(C)CC1CCC1C3CCC(C(=O)N(C)OC)C3(C)CCC12. The molecule has 4 saturated carbocycles. The van der Waals surface area contributed by atoms with Gasteiger partial charge in [-0.25, -0.2) is 5.06 Å². The lowest BCUT2D eigenvalue weighted by molar-refractivity contribution is -0.183. The summed E-state index contributed by atoms with van der Waals surface area (Å²) >= 11 is 0. The quantitative estimate of drug-likeness (QED) is 0.638. The van der Waals surface area contributed by atoms with Crippen molar-refractivity contribution in [2.24, 2.45) is 46.3 Å². The van der Waals surface area contributed by atoms with E-state index in [0.717, 1.165) is 36.7 Å². The van der Waals surface area contributed by atoms with Gasteiger partial charge in [-0.2, -0.15) is 0 Å². The summed E-state index contributed by atoms with van der Waals surface area (Å²) in [5, 5.41) is 1.47. The van der Waals surface area contributed by atoms with Crippen LogP contribution in [0.1, 0.15) is 71.6 Å². The number of hydrogen-bond donors (Lipinski definition) is 0. The smallest absolute Gasteiger partial charge is 0.249 e. The van der Waals surface area contributed by atoms with E-state index in [9.17, 15) is 4.79 Å². The Morgan fingerprint density at radius 1 is 1.04 bits per heavy atom. The highest BCUT2D eigenvalue weighted by atomic mass is 16.7. The number of fused-ring (bicyclic) bond motifs is 5. The monoisotopic (exact) mass is 391 g/mol. The number of carbonyl (C=O) groups is 1. The van der Waals surface area contributed by atoms with Gasteiger partial charge in [0.05, 0.1) is 13.7 Å². The summed E-state index contributed by atoms with van der Waals surface area (Å²) in [6.45, 7) is 5.81. The minimum absolute atomic E-state index is 0.130. The van der Waals surface area contributed by atoms with Crippen LogP contribution in [0.4, 0.5) is 0 Å². The molecule has 0 aromatic rings. The average molecular weight is 392 g/mol. The second kappa shape index (κ2) is 7.58. The first kappa shape index (κ1) is 20.7. The summed E-state index contributed by atoms with van der Waals surface area (Å²) < 4.78 is 5.89. The Morgan fingerprint density at radius 3 is 2.54 bits per heavy atom. The third-order valence-corrected chi connectivity index (χ3v) is 9.92. The molecule has 4 fully saturated rings. The molecule has 8 unspecified atom stereocenters. The van der Waals surface area contributed by atoms with Crippen molar-refractivity contribution in [2.45, 2.75) is 71.6 Å². The fraction of sp³-hybridized carbons (Fsp3) is 0.958. The van der Waals surface area contributed by atoms with Crippen molar-refractivity contribution in [1.82, 2.24) is 5.06 Å². The molecular formula is C24H41NO3. The van der Waals surface area contributed by atoms with E-state index >= 15 is 0 Å². The topological polar surface area (TPSA) is 38.8 Å². The van der Waals surface area contributed by atoms with Crippen LogP contribution in [0.25, 0.3) is 0 Å². The Kier molecular flexibility index (Phi) is 5.59. The zero-order valence-electron chi connectivity index (χ0n) is 18.7. The predicted octanol–water partition coefficient (Wildman–Crippen LogP) is 4.93. The number of hydroxylamine groups is 2. The third-order valence-electron chi connectivity index (χ3n) is 9.92. The fourth-order valence-electron chi connectivity index (χ4n) is 8.53. The number of methoxy groups -OCH3 is 1. The van der Waals surface area contributed by atoms with Crippen LogP contribution in [0.15, 0.2) is 0 Å². The summed E-state index contributed by atoms with van der Waals surface area (Å²) in [5.41, 5.74) is 0.547. The van der Waals surface area contributed by atoms with Crippen LogP contribution in [0.5, 0.6) is 0 Å². The van der Waals surface area contributed by atoms with Crippen molar-refractivity contribution in [2.75, 3.05) is 27.9 Å². The first-order valence-electron chi connectivity index (χ1n) is 11.7. The van der Waals surface area contributed by atoms with E-state index in [4.69, 9.17) is 9.57 Å². The molecule has 160 valence electrons. The standard InChI is InChI=1S/C24H41NO3/c1-16-10-13-24(15-27-4)17(14-16)6-7-18-19-8-9-21(22(26)25(3)28-5)23(19,2)12-11-20(18)24/h16-21H,6-15H2,1-5H3. The molecule has 0 saturated heterocycles. The maximum absolute atomic E-state index is 13.0. The molecule has 1 amide bonds. The minimum Gasteiger partial charge on any atom is -0.384 e. The molecule has 0 aromatic carbocycles. The third kappa shape index (κ3) is 2.96. The van der Waals surface area contributed by atoms with E-state index in [1.807, 2.05) is 7.11 Å². The molecule has 0 radical (unpaired) electrons. The van der Waals surface area contributed by atoms with Gasteiger partial charge < -0.3 is 4.74 Å². The van der Waals surface area contributed by atoms with Crippen molar-refractivity contribution in [1.29, 1.82) is 0 Å². The Hall–Kier alpha value is -0.610. The molecule has 4 nitrogen and oxygen atoms in total. The van der Waals surface area contributed by atoms with E-state index in [2.05, 4.69) is 13.8 Å². The van der Waals surface area contributed by atoms with Crippen molar-refractivity contribution < 1.29 is 14.4 Å². The molecule has 0 spiro atoms. The van der Waals surface area contributed by atoms with Gasteiger partial charge in [0.2, 0.25) is 5.91 Å². The van der Waals surface area contributed by atoms with Crippen molar-refractivity contribution in [3.8, 4) is 0 Å². The second-order valence-electron chi connectivity index (χ2n) is 10.9. The van der Waals surface area contributed by atoms with Gasteiger partial charge in [-0.05, 0) is 91.8 Å². The molecule has 0 heterocycles.